The highest BCUT2D eigenvalue weighted by Gasteiger charge is 2.27. The largest absolute Gasteiger partial charge is 0.348 e. The Balaban J connectivity index is 1.81. The summed E-state index contributed by atoms with van der Waals surface area (Å²) in [5, 5.41) is 3.36. The molecular weight excluding hydrogens is 476 g/mol. The number of carbonyl (C=O) groups is 1. The molecule has 1 N–H and O–H groups in total. The average Bonchev–Trinajstić information content (AvgIpc) is 2.80. The van der Waals surface area contributed by atoms with Gasteiger partial charge >= 0.3 is 0 Å². The van der Waals surface area contributed by atoms with E-state index >= 15 is 0 Å². The lowest BCUT2D eigenvalue weighted by atomic mass is 10.1. The molecule has 33 heavy (non-hydrogen) atoms. The molecule has 0 aliphatic rings. The molecule has 1 amide bonds. The molecule has 0 saturated carbocycles. The number of benzene rings is 3. The zero-order valence-corrected chi connectivity index (χ0v) is 21.2. The van der Waals surface area contributed by atoms with Crippen LogP contribution in [-0.2, 0) is 21.4 Å². The molecule has 0 fully saturated rings. The molecule has 0 saturated heterocycles. The minimum Gasteiger partial charge on any atom is -0.348 e. The molecule has 3 aromatic rings. The predicted molar refractivity (Wildman–Crippen MR) is 135 cm³/mol. The molecule has 0 aliphatic carbocycles. The summed E-state index contributed by atoms with van der Waals surface area (Å²) in [6.07, 6.45) is 2.00. The van der Waals surface area contributed by atoms with Crippen LogP contribution in [0.1, 0.15) is 29.7 Å². The highest BCUT2D eigenvalue weighted by Crippen LogP contribution is 2.22. The van der Waals surface area contributed by atoms with Crippen molar-refractivity contribution in [2.75, 3.05) is 12.8 Å². The molecule has 8 heteroatoms. The van der Waals surface area contributed by atoms with Crippen LogP contribution in [0.25, 0.3) is 0 Å². The number of sulfonamides is 1. The third kappa shape index (κ3) is 6.84. The zero-order chi connectivity index (χ0) is 24.0. The molecule has 3 rings (SSSR count). The maximum absolute atomic E-state index is 13.4. The first kappa shape index (κ1) is 25.3. The molecule has 1 unspecified atom stereocenters. The van der Waals surface area contributed by atoms with Crippen molar-refractivity contribution in [3.05, 3.63) is 94.5 Å². The van der Waals surface area contributed by atoms with E-state index in [0.717, 1.165) is 21.6 Å². The maximum atomic E-state index is 13.4. The second-order valence-corrected chi connectivity index (χ2v) is 11.0. The van der Waals surface area contributed by atoms with Gasteiger partial charge < -0.3 is 5.32 Å². The molecule has 0 aliphatic heterocycles. The summed E-state index contributed by atoms with van der Waals surface area (Å²) < 4.78 is 27.9. The Morgan fingerprint density at radius 2 is 1.61 bits per heavy atom. The van der Waals surface area contributed by atoms with Crippen LogP contribution < -0.4 is 5.32 Å². The summed E-state index contributed by atoms with van der Waals surface area (Å²) in [7, 11) is -3.92. The number of hydrogen-bond donors (Lipinski definition) is 1. The van der Waals surface area contributed by atoms with Crippen molar-refractivity contribution in [1.82, 2.24) is 9.62 Å². The van der Waals surface area contributed by atoms with Gasteiger partial charge in [-0.05, 0) is 67.6 Å². The zero-order valence-electron chi connectivity index (χ0n) is 18.8. The monoisotopic (exact) mass is 502 g/mol. The smallest absolute Gasteiger partial charge is 0.243 e. The summed E-state index contributed by atoms with van der Waals surface area (Å²) in [5.41, 5.74) is 2.82. The molecule has 0 radical (unpaired) electrons. The van der Waals surface area contributed by atoms with Gasteiger partial charge in [-0.1, -0.05) is 53.6 Å². The summed E-state index contributed by atoms with van der Waals surface area (Å²) in [6.45, 7) is 3.62. The first-order chi connectivity index (χ1) is 15.7. The maximum Gasteiger partial charge on any atom is 0.243 e. The van der Waals surface area contributed by atoms with E-state index in [2.05, 4.69) is 5.32 Å². The Morgan fingerprint density at radius 3 is 2.18 bits per heavy atom. The van der Waals surface area contributed by atoms with Crippen molar-refractivity contribution in [3.8, 4) is 0 Å². The lowest BCUT2D eigenvalue weighted by molar-refractivity contribution is -0.122. The van der Waals surface area contributed by atoms with Gasteiger partial charge in [0.15, 0.2) is 0 Å². The molecule has 0 heterocycles. The van der Waals surface area contributed by atoms with Crippen LogP contribution in [0.3, 0.4) is 0 Å². The second-order valence-electron chi connectivity index (χ2n) is 7.77. The van der Waals surface area contributed by atoms with Gasteiger partial charge in [0.25, 0.3) is 0 Å². The highest BCUT2D eigenvalue weighted by atomic mass is 35.5. The third-order valence-corrected chi connectivity index (χ3v) is 8.05. The molecular formula is C25H27ClN2O3S2. The van der Waals surface area contributed by atoms with E-state index in [1.54, 1.807) is 11.8 Å². The van der Waals surface area contributed by atoms with E-state index in [-0.39, 0.29) is 29.9 Å². The topological polar surface area (TPSA) is 66.5 Å². The van der Waals surface area contributed by atoms with Crippen LogP contribution in [0.4, 0.5) is 0 Å². The van der Waals surface area contributed by atoms with Crippen LogP contribution >= 0.6 is 23.4 Å². The number of nitrogens with one attached hydrogen (secondary N) is 1. The number of carbonyl (C=O) groups excluding carboxylic acids is 1. The van der Waals surface area contributed by atoms with E-state index in [4.69, 9.17) is 11.6 Å². The molecule has 174 valence electrons. The SMILES string of the molecule is CSc1ccc(C(C)NC(=O)CN(Cc2ccc(C)cc2)S(=O)(=O)c2ccc(Cl)cc2)cc1. The van der Waals surface area contributed by atoms with Gasteiger partial charge in [0, 0.05) is 16.5 Å². The highest BCUT2D eigenvalue weighted by molar-refractivity contribution is 7.98. The summed E-state index contributed by atoms with van der Waals surface area (Å²) in [4.78, 5) is 14.1. The predicted octanol–water partition coefficient (Wildman–Crippen LogP) is 5.44. The number of amides is 1. The van der Waals surface area contributed by atoms with Crippen LogP contribution in [0, 0.1) is 6.92 Å². The second kappa shape index (κ2) is 11.2. The van der Waals surface area contributed by atoms with Crippen molar-refractivity contribution in [3.63, 3.8) is 0 Å². The average molecular weight is 503 g/mol. The first-order valence-electron chi connectivity index (χ1n) is 10.4. The summed E-state index contributed by atoms with van der Waals surface area (Å²) in [6, 6.07) is 21.2. The number of rotatable bonds is 9. The Labute approximate surface area is 205 Å². The molecule has 0 bridgehead atoms. The Bertz CT molecular complexity index is 1180. The minimum atomic E-state index is -3.92. The van der Waals surface area contributed by atoms with Gasteiger partial charge in [0.2, 0.25) is 15.9 Å². The van der Waals surface area contributed by atoms with E-state index in [9.17, 15) is 13.2 Å². The fourth-order valence-corrected chi connectivity index (χ4v) is 5.22. The van der Waals surface area contributed by atoms with Crippen molar-refractivity contribution in [1.29, 1.82) is 0 Å². The number of nitrogens with zero attached hydrogens (tertiary/aromatic N) is 1. The normalized spacial score (nSPS) is 12.5. The van der Waals surface area contributed by atoms with Gasteiger partial charge in [-0.2, -0.15) is 4.31 Å². The standard InChI is InChI=1S/C25H27ClN2O3S2/c1-18-4-6-20(7-5-18)16-28(33(30,31)24-14-10-22(26)11-15-24)17-25(29)27-19(2)21-8-12-23(32-3)13-9-21/h4-15,19H,16-17H2,1-3H3,(H,27,29). The van der Waals surface area contributed by atoms with E-state index < -0.39 is 10.0 Å². The van der Waals surface area contributed by atoms with Crippen molar-refractivity contribution >= 4 is 39.3 Å². The van der Waals surface area contributed by atoms with Gasteiger partial charge in [0.1, 0.15) is 0 Å². The molecule has 3 aromatic carbocycles. The van der Waals surface area contributed by atoms with Crippen molar-refractivity contribution < 1.29 is 13.2 Å². The molecule has 0 spiro atoms. The van der Waals surface area contributed by atoms with E-state index in [1.807, 2.05) is 68.6 Å². The fourth-order valence-electron chi connectivity index (χ4n) is 3.30. The molecule has 0 aromatic heterocycles. The van der Waals surface area contributed by atoms with Gasteiger partial charge in [0.05, 0.1) is 17.5 Å². The Kier molecular flexibility index (Phi) is 8.59. The van der Waals surface area contributed by atoms with Crippen molar-refractivity contribution in [2.45, 2.75) is 36.2 Å². The van der Waals surface area contributed by atoms with Crippen LogP contribution in [-0.4, -0.2) is 31.4 Å². The Hall–Kier alpha value is -2.32. The first-order valence-corrected chi connectivity index (χ1v) is 13.5. The van der Waals surface area contributed by atoms with Crippen LogP contribution in [0.2, 0.25) is 5.02 Å². The number of hydrogen-bond acceptors (Lipinski definition) is 4. The van der Waals surface area contributed by atoms with Gasteiger partial charge in [-0.25, -0.2) is 8.42 Å². The van der Waals surface area contributed by atoms with Crippen molar-refractivity contribution in [2.24, 2.45) is 0 Å². The fraction of sp³-hybridized carbons (Fsp3) is 0.240. The number of thioether (sulfide) groups is 1. The quantitative estimate of drug-likeness (QED) is 0.396. The Morgan fingerprint density at radius 1 is 1.00 bits per heavy atom. The van der Waals surface area contributed by atoms with Gasteiger partial charge in [-0.15, -0.1) is 11.8 Å². The number of halogens is 1. The number of aryl methyl sites for hydroxylation is 1. The minimum absolute atomic E-state index is 0.0788. The molecule has 1 atom stereocenters. The summed E-state index contributed by atoms with van der Waals surface area (Å²) in [5.74, 6) is -0.374. The molecule has 5 nitrogen and oxygen atoms in total. The van der Waals surface area contributed by atoms with Crippen LogP contribution in [0.15, 0.2) is 82.6 Å². The van der Waals surface area contributed by atoms with Crippen LogP contribution in [0.5, 0.6) is 0 Å². The lowest BCUT2D eigenvalue weighted by Gasteiger charge is -2.23. The summed E-state index contributed by atoms with van der Waals surface area (Å²) >= 11 is 7.58. The third-order valence-electron chi connectivity index (χ3n) is 5.24. The van der Waals surface area contributed by atoms with E-state index in [0.29, 0.717) is 5.02 Å². The lowest BCUT2D eigenvalue weighted by Crippen LogP contribution is -2.41. The van der Waals surface area contributed by atoms with Gasteiger partial charge in [-0.3, -0.25) is 4.79 Å². The van der Waals surface area contributed by atoms with E-state index in [1.165, 1.54) is 28.6 Å².